The molecule has 0 aromatic heterocycles. The first-order valence-electron chi connectivity index (χ1n) is 10.7. The Morgan fingerprint density at radius 1 is 1.21 bits per heavy atom. The van der Waals surface area contributed by atoms with E-state index in [4.69, 9.17) is 12.2 Å². The fraction of sp³-hybridized carbons (Fsp3) is 0.320. The van der Waals surface area contributed by atoms with Gasteiger partial charge in [0.25, 0.3) is 11.8 Å². The molecule has 2 aromatic carbocycles. The lowest BCUT2D eigenvalue weighted by Gasteiger charge is -2.45. The summed E-state index contributed by atoms with van der Waals surface area (Å²) in [6, 6.07) is 8.63. The monoisotopic (exact) mass is 529 g/mol. The van der Waals surface area contributed by atoms with E-state index in [2.05, 4.69) is 46.9 Å². The standard InChI is InChI=1S/C25H25BrFN3O2S/c1-13-8-16(26)6-7-20(13)30-23(32)18(22(31)28-24(30)33)10-15-9-17-14(2)12-25(3,4)29(5)21(17)11-19(15)27/h6-11,14H,12H2,1-5H3,(H,28,31,33)/b18-10-. The minimum atomic E-state index is -0.639. The Morgan fingerprint density at radius 3 is 2.58 bits per heavy atom. The third-order valence-corrected chi connectivity index (χ3v) is 7.33. The quantitative estimate of drug-likeness (QED) is 0.319. The molecule has 172 valence electrons. The number of benzene rings is 2. The molecule has 0 bridgehead atoms. The van der Waals surface area contributed by atoms with Gasteiger partial charge in [0, 0.05) is 28.3 Å². The Balaban J connectivity index is 1.78. The van der Waals surface area contributed by atoms with Gasteiger partial charge in [0.15, 0.2) is 5.11 Å². The van der Waals surface area contributed by atoms with Crippen LogP contribution < -0.4 is 15.1 Å². The molecule has 1 saturated heterocycles. The van der Waals surface area contributed by atoms with Gasteiger partial charge in [-0.05, 0) is 92.9 Å². The van der Waals surface area contributed by atoms with E-state index in [1.807, 2.05) is 20.0 Å². The molecule has 33 heavy (non-hydrogen) atoms. The zero-order valence-corrected chi connectivity index (χ0v) is 21.5. The number of aryl methyl sites for hydroxylation is 1. The molecule has 1 unspecified atom stereocenters. The van der Waals surface area contributed by atoms with E-state index in [1.165, 1.54) is 17.0 Å². The summed E-state index contributed by atoms with van der Waals surface area (Å²) in [6.45, 7) is 8.22. The van der Waals surface area contributed by atoms with E-state index < -0.39 is 17.6 Å². The fourth-order valence-corrected chi connectivity index (χ4v) is 5.37. The van der Waals surface area contributed by atoms with Crippen LogP contribution in [0.5, 0.6) is 0 Å². The molecule has 8 heteroatoms. The molecular weight excluding hydrogens is 505 g/mol. The minimum absolute atomic E-state index is 0.00374. The summed E-state index contributed by atoms with van der Waals surface area (Å²) in [5.74, 6) is -1.51. The number of thiocarbonyl (C=S) groups is 1. The van der Waals surface area contributed by atoms with Crippen molar-refractivity contribution in [2.24, 2.45) is 0 Å². The number of nitrogens with zero attached hydrogens (tertiary/aromatic N) is 2. The van der Waals surface area contributed by atoms with Crippen LogP contribution in [0.2, 0.25) is 0 Å². The largest absolute Gasteiger partial charge is 0.369 e. The molecule has 0 spiro atoms. The lowest BCUT2D eigenvalue weighted by Crippen LogP contribution is -2.54. The Bertz CT molecular complexity index is 1240. The number of halogens is 2. The van der Waals surface area contributed by atoms with Crippen molar-refractivity contribution in [1.82, 2.24) is 5.32 Å². The number of carbonyl (C=O) groups excluding carboxylic acids is 2. The predicted octanol–water partition coefficient (Wildman–Crippen LogP) is 5.45. The van der Waals surface area contributed by atoms with Gasteiger partial charge in [0.2, 0.25) is 0 Å². The molecule has 5 nitrogen and oxygen atoms in total. The van der Waals surface area contributed by atoms with Gasteiger partial charge in [-0.25, -0.2) is 4.39 Å². The van der Waals surface area contributed by atoms with Gasteiger partial charge < -0.3 is 4.90 Å². The molecule has 0 saturated carbocycles. The third-order valence-electron chi connectivity index (χ3n) is 6.55. The summed E-state index contributed by atoms with van der Waals surface area (Å²) in [5, 5.41) is 2.56. The summed E-state index contributed by atoms with van der Waals surface area (Å²) in [7, 11) is 1.96. The Morgan fingerprint density at radius 2 is 1.91 bits per heavy atom. The molecule has 1 N–H and O–H groups in total. The molecule has 2 amide bonds. The van der Waals surface area contributed by atoms with Crippen LogP contribution in [0.25, 0.3) is 6.08 Å². The fourth-order valence-electron chi connectivity index (χ4n) is 4.62. The van der Waals surface area contributed by atoms with Crippen LogP contribution in [0.3, 0.4) is 0 Å². The van der Waals surface area contributed by atoms with Gasteiger partial charge in [0.05, 0.1) is 5.69 Å². The van der Waals surface area contributed by atoms with Gasteiger partial charge >= 0.3 is 0 Å². The zero-order chi connectivity index (χ0) is 24.2. The number of anilines is 2. The molecule has 2 aromatic rings. The zero-order valence-electron chi connectivity index (χ0n) is 19.1. The van der Waals surface area contributed by atoms with Crippen molar-refractivity contribution in [2.75, 3.05) is 16.8 Å². The maximum atomic E-state index is 15.2. The highest BCUT2D eigenvalue weighted by atomic mass is 79.9. The van der Waals surface area contributed by atoms with E-state index in [0.717, 1.165) is 27.7 Å². The van der Waals surface area contributed by atoms with Crippen LogP contribution in [0.1, 0.15) is 49.8 Å². The molecule has 4 rings (SSSR count). The number of rotatable bonds is 2. The van der Waals surface area contributed by atoms with Gasteiger partial charge in [-0.1, -0.05) is 22.9 Å². The molecule has 2 aliphatic rings. The molecule has 2 aliphatic heterocycles. The van der Waals surface area contributed by atoms with Crippen LogP contribution >= 0.6 is 28.1 Å². The van der Waals surface area contributed by atoms with Crippen molar-refractivity contribution in [3.63, 3.8) is 0 Å². The smallest absolute Gasteiger partial charge is 0.270 e. The first kappa shape index (κ1) is 23.6. The molecule has 0 aliphatic carbocycles. The number of hydrogen-bond acceptors (Lipinski definition) is 4. The molecule has 1 atom stereocenters. The first-order valence-corrected chi connectivity index (χ1v) is 11.9. The topological polar surface area (TPSA) is 52.7 Å². The van der Waals surface area contributed by atoms with Crippen LogP contribution in [0, 0.1) is 12.7 Å². The van der Waals surface area contributed by atoms with E-state index in [9.17, 15) is 9.59 Å². The van der Waals surface area contributed by atoms with Crippen molar-refractivity contribution in [2.45, 2.75) is 45.6 Å². The number of nitrogens with one attached hydrogen (secondary N) is 1. The predicted molar refractivity (Wildman–Crippen MR) is 137 cm³/mol. The average Bonchev–Trinajstić information content (AvgIpc) is 2.71. The van der Waals surface area contributed by atoms with Crippen molar-refractivity contribution in [3.05, 3.63) is 62.9 Å². The Hall–Kier alpha value is -2.58. The third kappa shape index (κ3) is 4.10. The van der Waals surface area contributed by atoms with E-state index in [1.54, 1.807) is 18.2 Å². The maximum absolute atomic E-state index is 15.2. The van der Waals surface area contributed by atoms with Gasteiger partial charge in [-0.15, -0.1) is 0 Å². The molecular formula is C25H25BrFN3O2S. The second-order valence-electron chi connectivity index (χ2n) is 9.30. The van der Waals surface area contributed by atoms with E-state index in [-0.39, 0.29) is 27.7 Å². The Kier molecular flexibility index (Phi) is 5.95. The van der Waals surface area contributed by atoms with Crippen molar-refractivity contribution in [1.29, 1.82) is 0 Å². The van der Waals surface area contributed by atoms with Crippen LogP contribution in [-0.2, 0) is 9.59 Å². The molecule has 2 heterocycles. The summed E-state index contributed by atoms with van der Waals surface area (Å²) in [4.78, 5) is 29.4. The van der Waals surface area contributed by atoms with Crippen molar-refractivity contribution in [3.8, 4) is 0 Å². The molecule has 1 fully saturated rings. The van der Waals surface area contributed by atoms with E-state index >= 15 is 4.39 Å². The average molecular weight is 530 g/mol. The van der Waals surface area contributed by atoms with Gasteiger partial charge in [-0.3, -0.25) is 19.8 Å². The summed E-state index contributed by atoms with van der Waals surface area (Å²) < 4.78 is 16.0. The highest BCUT2D eigenvalue weighted by molar-refractivity contribution is 9.10. The number of fused-ring (bicyclic) bond motifs is 1. The maximum Gasteiger partial charge on any atom is 0.270 e. The lowest BCUT2D eigenvalue weighted by molar-refractivity contribution is -0.122. The second-order valence-corrected chi connectivity index (χ2v) is 10.6. The van der Waals surface area contributed by atoms with Crippen molar-refractivity contribution < 1.29 is 14.0 Å². The normalized spacial score (nSPS) is 21.4. The second kappa shape index (κ2) is 8.33. The Labute approximate surface area is 206 Å². The van der Waals surface area contributed by atoms with Gasteiger partial charge in [0.1, 0.15) is 11.4 Å². The van der Waals surface area contributed by atoms with Gasteiger partial charge in [-0.2, -0.15) is 0 Å². The van der Waals surface area contributed by atoms with Crippen molar-refractivity contribution >= 4 is 62.5 Å². The van der Waals surface area contributed by atoms with Crippen LogP contribution in [0.15, 0.2) is 40.4 Å². The minimum Gasteiger partial charge on any atom is -0.369 e. The van der Waals surface area contributed by atoms with Crippen LogP contribution in [0.4, 0.5) is 15.8 Å². The number of carbonyl (C=O) groups is 2. The van der Waals surface area contributed by atoms with Crippen LogP contribution in [-0.4, -0.2) is 29.5 Å². The van der Waals surface area contributed by atoms with E-state index in [0.29, 0.717) is 5.69 Å². The number of amides is 2. The highest BCUT2D eigenvalue weighted by Gasteiger charge is 2.37. The molecule has 0 radical (unpaired) electrons. The summed E-state index contributed by atoms with van der Waals surface area (Å²) in [6.07, 6.45) is 2.23. The summed E-state index contributed by atoms with van der Waals surface area (Å²) in [5.41, 5.74) is 3.11. The SMILES string of the molecule is Cc1cc(Br)ccc1N1C(=O)/C(=C\c2cc3c(cc2F)N(C)C(C)(C)CC3C)C(=O)NC1=S. The highest BCUT2D eigenvalue weighted by Crippen LogP contribution is 2.43. The lowest BCUT2D eigenvalue weighted by atomic mass is 9.80. The first-order chi connectivity index (χ1) is 15.4. The number of hydrogen-bond donors (Lipinski definition) is 1. The summed E-state index contributed by atoms with van der Waals surface area (Å²) >= 11 is 8.69.